The number of hydrogen-bond acceptors (Lipinski definition) is 2. The molecule has 70 valence electrons. The Morgan fingerprint density at radius 3 is 2.69 bits per heavy atom. The van der Waals surface area contributed by atoms with Gasteiger partial charge in [-0.2, -0.15) is 0 Å². The molecule has 0 bridgehead atoms. The molecule has 0 saturated heterocycles. The zero-order chi connectivity index (χ0) is 9.47. The molecule has 0 radical (unpaired) electrons. The Hall–Kier alpha value is 0.01000. The lowest BCUT2D eigenvalue weighted by molar-refractivity contribution is 0.147. The van der Waals surface area contributed by atoms with E-state index in [1.807, 2.05) is 18.4 Å². The monoisotopic (exact) mass is 258 g/mol. The van der Waals surface area contributed by atoms with Gasteiger partial charge >= 0.3 is 0 Å². The molecule has 1 aliphatic rings. The van der Waals surface area contributed by atoms with E-state index in [1.54, 1.807) is 11.8 Å². The molecule has 0 heterocycles. The van der Waals surface area contributed by atoms with Crippen molar-refractivity contribution in [1.82, 2.24) is 0 Å². The standard InChI is InChI=1S/C10H11BrOS/c1-13-8-4-2-3-7(11)9(8)10(12)5-6-10/h2-4,12H,5-6H2,1H3. The maximum Gasteiger partial charge on any atom is 0.0920 e. The van der Waals surface area contributed by atoms with E-state index < -0.39 is 5.60 Å². The molecule has 0 unspecified atom stereocenters. The van der Waals surface area contributed by atoms with Gasteiger partial charge in [-0.3, -0.25) is 0 Å². The third-order valence-electron chi connectivity index (χ3n) is 2.38. The topological polar surface area (TPSA) is 20.2 Å². The van der Waals surface area contributed by atoms with Crippen LogP contribution in [0.5, 0.6) is 0 Å². The van der Waals surface area contributed by atoms with Gasteiger partial charge < -0.3 is 5.11 Å². The lowest BCUT2D eigenvalue weighted by atomic mass is 10.1. The van der Waals surface area contributed by atoms with Crippen LogP contribution in [0.1, 0.15) is 18.4 Å². The molecule has 0 atom stereocenters. The molecule has 1 N–H and O–H groups in total. The Morgan fingerprint density at radius 2 is 2.15 bits per heavy atom. The lowest BCUT2D eigenvalue weighted by Crippen LogP contribution is -2.06. The van der Waals surface area contributed by atoms with Gasteiger partial charge in [-0.1, -0.05) is 22.0 Å². The van der Waals surface area contributed by atoms with Crippen molar-refractivity contribution in [2.45, 2.75) is 23.3 Å². The molecular formula is C10H11BrOS. The average molecular weight is 259 g/mol. The second-order valence-electron chi connectivity index (χ2n) is 3.35. The Bertz CT molecular complexity index is 334. The zero-order valence-electron chi connectivity index (χ0n) is 7.38. The first-order valence-corrected chi connectivity index (χ1v) is 6.24. The molecule has 1 nitrogen and oxygen atoms in total. The van der Waals surface area contributed by atoms with Crippen LogP contribution in [0.25, 0.3) is 0 Å². The van der Waals surface area contributed by atoms with E-state index in [0.717, 1.165) is 22.9 Å². The van der Waals surface area contributed by atoms with E-state index >= 15 is 0 Å². The van der Waals surface area contributed by atoms with Gasteiger partial charge in [0.2, 0.25) is 0 Å². The largest absolute Gasteiger partial charge is 0.385 e. The van der Waals surface area contributed by atoms with Crippen LogP contribution in [0.4, 0.5) is 0 Å². The van der Waals surface area contributed by atoms with Crippen LogP contribution in [0.2, 0.25) is 0 Å². The highest BCUT2D eigenvalue weighted by Gasteiger charge is 2.44. The first-order valence-electron chi connectivity index (χ1n) is 4.23. The third-order valence-corrected chi connectivity index (χ3v) is 3.83. The predicted octanol–water partition coefficient (Wildman–Crippen LogP) is 3.15. The predicted molar refractivity (Wildman–Crippen MR) is 59.1 cm³/mol. The van der Waals surface area contributed by atoms with E-state index in [-0.39, 0.29) is 0 Å². The highest BCUT2D eigenvalue weighted by molar-refractivity contribution is 9.10. The van der Waals surface area contributed by atoms with Gasteiger partial charge in [0.05, 0.1) is 5.60 Å². The van der Waals surface area contributed by atoms with Gasteiger partial charge in [-0.15, -0.1) is 11.8 Å². The van der Waals surface area contributed by atoms with Gasteiger partial charge in [-0.25, -0.2) is 0 Å². The summed E-state index contributed by atoms with van der Waals surface area (Å²) >= 11 is 5.18. The van der Waals surface area contributed by atoms with E-state index in [1.165, 1.54) is 4.90 Å². The summed E-state index contributed by atoms with van der Waals surface area (Å²) in [5.41, 5.74) is 0.529. The van der Waals surface area contributed by atoms with Gasteiger partial charge in [0, 0.05) is 14.9 Å². The molecule has 0 aromatic heterocycles. The number of hydrogen-bond donors (Lipinski definition) is 1. The van der Waals surface area contributed by atoms with Crippen LogP contribution in [0.3, 0.4) is 0 Å². The van der Waals surface area contributed by atoms with Crippen molar-refractivity contribution in [2.75, 3.05) is 6.26 Å². The number of halogens is 1. The summed E-state index contributed by atoms with van der Waals surface area (Å²) in [6.07, 6.45) is 3.82. The molecule has 3 heteroatoms. The number of thioether (sulfide) groups is 1. The Kier molecular flexibility index (Phi) is 2.43. The lowest BCUT2D eigenvalue weighted by Gasteiger charge is -2.14. The van der Waals surface area contributed by atoms with Crippen molar-refractivity contribution in [1.29, 1.82) is 0 Å². The van der Waals surface area contributed by atoms with Crippen molar-refractivity contribution < 1.29 is 5.11 Å². The highest BCUT2D eigenvalue weighted by atomic mass is 79.9. The number of benzene rings is 1. The molecule has 0 amide bonds. The Morgan fingerprint density at radius 1 is 1.46 bits per heavy atom. The average Bonchev–Trinajstić information content (AvgIpc) is 2.84. The minimum Gasteiger partial charge on any atom is -0.385 e. The summed E-state index contributed by atoms with van der Waals surface area (Å²) < 4.78 is 1.03. The summed E-state index contributed by atoms with van der Waals surface area (Å²) in [7, 11) is 0. The summed E-state index contributed by atoms with van der Waals surface area (Å²) in [4.78, 5) is 1.18. The zero-order valence-corrected chi connectivity index (χ0v) is 9.78. The molecule has 1 aromatic rings. The van der Waals surface area contributed by atoms with Crippen molar-refractivity contribution in [3.63, 3.8) is 0 Å². The summed E-state index contributed by atoms with van der Waals surface area (Å²) in [6, 6.07) is 6.05. The fraction of sp³-hybridized carbons (Fsp3) is 0.400. The van der Waals surface area contributed by atoms with Crippen molar-refractivity contribution >= 4 is 27.7 Å². The van der Waals surface area contributed by atoms with Crippen molar-refractivity contribution in [3.05, 3.63) is 28.2 Å². The molecule has 0 spiro atoms. The van der Waals surface area contributed by atoms with Crippen LogP contribution < -0.4 is 0 Å². The Labute approximate surface area is 90.7 Å². The minimum atomic E-state index is -0.543. The molecule has 13 heavy (non-hydrogen) atoms. The van der Waals surface area contributed by atoms with Crippen LogP contribution in [-0.4, -0.2) is 11.4 Å². The Balaban J connectivity index is 2.52. The van der Waals surface area contributed by atoms with Crippen LogP contribution in [-0.2, 0) is 5.60 Å². The molecule has 1 saturated carbocycles. The quantitative estimate of drug-likeness (QED) is 0.823. The first-order chi connectivity index (χ1) is 6.17. The van der Waals surface area contributed by atoms with E-state index in [2.05, 4.69) is 22.0 Å². The van der Waals surface area contributed by atoms with Crippen molar-refractivity contribution in [3.8, 4) is 0 Å². The molecule has 1 aromatic carbocycles. The van der Waals surface area contributed by atoms with E-state index in [4.69, 9.17) is 0 Å². The molecule has 1 fully saturated rings. The second-order valence-corrected chi connectivity index (χ2v) is 5.05. The molecule has 2 rings (SSSR count). The first kappa shape index (κ1) is 9.56. The van der Waals surface area contributed by atoms with E-state index in [0.29, 0.717) is 0 Å². The second kappa shape index (κ2) is 3.30. The third kappa shape index (κ3) is 1.65. The van der Waals surface area contributed by atoms with Gasteiger partial charge in [-0.05, 0) is 31.2 Å². The maximum absolute atomic E-state index is 10.0. The summed E-state index contributed by atoms with van der Waals surface area (Å²) in [5, 5.41) is 10.0. The smallest absolute Gasteiger partial charge is 0.0920 e. The fourth-order valence-electron chi connectivity index (χ4n) is 1.49. The number of aliphatic hydroxyl groups is 1. The SMILES string of the molecule is CSc1cccc(Br)c1C1(O)CC1. The van der Waals surface area contributed by atoms with Crippen LogP contribution in [0.15, 0.2) is 27.6 Å². The fourth-order valence-corrected chi connectivity index (χ4v) is 3.08. The van der Waals surface area contributed by atoms with Gasteiger partial charge in [0.15, 0.2) is 0 Å². The highest BCUT2D eigenvalue weighted by Crippen LogP contribution is 2.50. The molecule has 1 aliphatic carbocycles. The van der Waals surface area contributed by atoms with Crippen LogP contribution >= 0.6 is 27.7 Å². The maximum atomic E-state index is 10.0. The van der Waals surface area contributed by atoms with Crippen molar-refractivity contribution in [2.24, 2.45) is 0 Å². The summed E-state index contributed by atoms with van der Waals surface area (Å²) in [5.74, 6) is 0. The van der Waals surface area contributed by atoms with Crippen LogP contribution in [0, 0.1) is 0 Å². The summed E-state index contributed by atoms with van der Waals surface area (Å²) in [6.45, 7) is 0. The van der Waals surface area contributed by atoms with Gasteiger partial charge in [0.25, 0.3) is 0 Å². The van der Waals surface area contributed by atoms with Gasteiger partial charge in [0.1, 0.15) is 0 Å². The van der Waals surface area contributed by atoms with E-state index in [9.17, 15) is 5.11 Å². The normalized spacial score (nSPS) is 18.7. The molecule has 0 aliphatic heterocycles. The molecular weight excluding hydrogens is 248 g/mol. The number of rotatable bonds is 2. The minimum absolute atomic E-state index is 0.543.